The Labute approximate surface area is 142 Å². The van der Waals surface area contributed by atoms with Crippen molar-refractivity contribution in [2.24, 2.45) is 5.92 Å². The predicted octanol–water partition coefficient (Wildman–Crippen LogP) is 4.15. The van der Waals surface area contributed by atoms with E-state index in [9.17, 15) is 14.4 Å². The monoisotopic (exact) mass is 350 g/mol. The highest BCUT2D eigenvalue weighted by molar-refractivity contribution is 6.31. The van der Waals surface area contributed by atoms with Gasteiger partial charge in [0, 0.05) is 21.2 Å². The van der Waals surface area contributed by atoms with Crippen molar-refractivity contribution in [3.8, 4) is 0 Å². The minimum atomic E-state index is -1.30. The third-order valence-electron chi connectivity index (χ3n) is 3.27. The lowest BCUT2D eigenvalue weighted by molar-refractivity contribution is -0.137. The molecule has 0 spiro atoms. The first-order chi connectivity index (χ1) is 10.9. The summed E-state index contributed by atoms with van der Waals surface area (Å²) in [5.74, 6) is -3.62. The van der Waals surface area contributed by atoms with E-state index < -0.39 is 29.9 Å². The Balaban J connectivity index is 2.34. The zero-order chi connectivity index (χ0) is 17.0. The molecule has 0 aliphatic carbocycles. The van der Waals surface area contributed by atoms with E-state index in [1.165, 1.54) is 48.5 Å². The number of ketones is 2. The molecule has 0 saturated carbocycles. The van der Waals surface area contributed by atoms with Gasteiger partial charge in [-0.25, -0.2) is 0 Å². The van der Waals surface area contributed by atoms with Crippen molar-refractivity contribution in [2.45, 2.75) is 6.42 Å². The summed E-state index contributed by atoms with van der Waals surface area (Å²) in [5, 5.41) is 9.91. The Kier molecular flexibility index (Phi) is 5.53. The van der Waals surface area contributed by atoms with Gasteiger partial charge in [-0.3, -0.25) is 14.4 Å². The Bertz CT molecular complexity index is 679. The maximum atomic E-state index is 12.5. The van der Waals surface area contributed by atoms with Gasteiger partial charge in [-0.1, -0.05) is 23.2 Å². The van der Waals surface area contributed by atoms with Crippen LogP contribution in [0.4, 0.5) is 0 Å². The third-order valence-corrected chi connectivity index (χ3v) is 3.77. The van der Waals surface area contributed by atoms with E-state index in [4.69, 9.17) is 28.3 Å². The van der Waals surface area contributed by atoms with Crippen LogP contribution in [-0.2, 0) is 4.79 Å². The molecule has 0 saturated heterocycles. The number of hydrogen-bond donors (Lipinski definition) is 1. The number of carboxylic acids is 1. The van der Waals surface area contributed by atoms with Crippen molar-refractivity contribution in [1.29, 1.82) is 0 Å². The number of carbonyl (C=O) groups is 3. The van der Waals surface area contributed by atoms with Gasteiger partial charge in [-0.15, -0.1) is 0 Å². The minimum absolute atomic E-state index is 0.239. The van der Waals surface area contributed by atoms with Crippen molar-refractivity contribution in [2.75, 3.05) is 0 Å². The van der Waals surface area contributed by atoms with Gasteiger partial charge >= 0.3 is 5.97 Å². The highest BCUT2D eigenvalue weighted by atomic mass is 35.5. The van der Waals surface area contributed by atoms with E-state index in [1.807, 2.05) is 0 Å². The highest BCUT2D eigenvalue weighted by Crippen LogP contribution is 2.21. The molecule has 0 aliphatic heterocycles. The van der Waals surface area contributed by atoms with E-state index >= 15 is 0 Å². The summed E-state index contributed by atoms with van der Waals surface area (Å²) >= 11 is 11.5. The van der Waals surface area contributed by atoms with Crippen molar-refractivity contribution in [3.05, 3.63) is 69.7 Å². The van der Waals surface area contributed by atoms with E-state index in [1.54, 1.807) is 0 Å². The molecule has 23 heavy (non-hydrogen) atoms. The van der Waals surface area contributed by atoms with Crippen LogP contribution in [0.15, 0.2) is 48.5 Å². The van der Waals surface area contributed by atoms with Crippen molar-refractivity contribution in [3.63, 3.8) is 0 Å². The molecule has 6 heteroatoms. The molecule has 4 nitrogen and oxygen atoms in total. The fourth-order valence-corrected chi connectivity index (χ4v) is 2.36. The topological polar surface area (TPSA) is 71.4 Å². The molecule has 2 rings (SSSR count). The van der Waals surface area contributed by atoms with E-state index in [2.05, 4.69) is 0 Å². The molecule has 118 valence electrons. The molecule has 0 aliphatic rings. The molecule has 2 aromatic carbocycles. The van der Waals surface area contributed by atoms with Gasteiger partial charge in [0.15, 0.2) is 11.6 Å². The minimum Gasteiger partial charge on any atom is -0.481 e. The molecule has 0 fully saturated rings. The maximum Gasteiger partial charge on any atom is 0.304 e. The molecule has 0 amide bonds. The first-order valence-electron chi connectivity index (χ1n) is 6.70. The summed E-state index contributed by atoms with van der Waals surface area (Å²) in [6, 6.07) is 11.9. The van der Waals surface area contributed by atoms with Gasteiger partial charge in [0.05, 0.1) is 12.3 Å². The zero-order valence-electron chi connectivity index (χ0n) is 11.8. The van der Waals surface area contributed by atoms with Crippen molar-refractivity contribution >= 4 is 40.7 Å². The number of aliphatic carboxylic acids is 1. The van der Waals surface area contributed by atoms with Crippen molar-refractivity contribution < 1.29 is 19.5 Å². The van der Waals surface area contributed by atoms with E-state index in [0.29, 0.717) is 10.0 Å². The summed E-state index contributed by atoms with van der Waals surface area (Å²) in [5.41, 5.74) is 0.478. The van der Waals surface area contributed by atoms with Crippen molar-refractivity contribution in [1.82, 2.24) is 0 Å². The number of benzene rings is 2. The second kappa shape index (κ2) is 7.40. The van der Waals surface area contributed by atoms with E-state index in [0.717, 1.165) is 0 Å². The van der Waals surface area contributed by atoms with Gasteiger partial charge in [-0.2, -0.15) is 0 Å². The Morgan fingerprint density at radius 3 is 1.43 bits per heavy atom. The Morgan fingerprint density at radius 1 is 0.783 bits per heavy atom. The van der Waals surface area contributed by atoms with Crippen LogP contribution in [0.2, 0.25) is 10.0 Å². The van der Waals surface area contributed by atoms with Crippen LogP contribution in [0.1, 0.15) is 27.1 Å². The van der Waals surface area contributed by atoms with Crippen LogP contribution in [0, 0.1) is 5.92 Å². The van der Waals surface area contributed by atoms with Gasteiger partial charge in [-0.05, 0) is 48.5 Å². The van der Waals surface area contributed by atoms with Gasteiger partial charge in [0.25, 0.3) is 0 Å². The lowest BCUT2D eigenvalue weighted by Gasteiger charge is -2.13. The number of carboxylic acid groups (broad SMARTS) is 1. The summed E-state index contributed by atoms with van der Waals surface area (Å²) in [7, 11) is 0. The van der Waals surface area contributed by atoms with Crippen LogP contribution in [-0.4, -0.2) is 22.6 Å². The highest BCUT2D eigenvalue weighted by Gasteiger charge is 2.30. The SMILES string of the molecule is O=C(O)CC(C(=O)c1ccc(Cl)cc1)C(=O)c1ccc(Cl)cc1. The van der Waals surface area contributed by atoms with Crippen LogP contribution in [0.25, 0.3) is 0 Å². The van der Waals surface area contributed by atoms with Crippen LogP contribution in [0.5, 0.6) is 0 Å². The van der Waals surface area contributed by atoms with E-state index in [-0.39, 0.29) is 11.1 Å². The average Bonchev–Trinajstić information content (AvgIpc) is 2.52. The number of carbonyl (C=O) groups excluding carboxylic acids is 2. The van der Waals surface area contributed by atoms with Gasteiger partial charge in [0.2, 0.25) is 0 Å². The molecule has 0 aromatic heterocycles. The number of halogens is 2. The molecule has 0 radical (unpaired) electrons. The molecule has 0 unspecified atom stereocenters. The second-order valence-electron chi connectivity index (χ2n) is 4.89. The van der Waals surface area contributed by atoms with Gasteiger partial charge < -0.3 is 5.11 Å². The number of rotatable bonds is 6. The summed E-state index contributed by atoms with van der Waals surface area (Å²) in [4.78, 5) is 36.1. The number of Topliss-reactive ketones (excluding diaryl/α,β-unsaturated/α-hetero) is 2. The zero-order valence-corrected chi connectivity index (χ0v) is 13.3. The molecule has 2 aromatic rings. The first-order valence-corrected chi connectivity index (χ1v) is 7.45. The van der Waals surface area contributed by atoms with Crippen LogP contribution < -0.4 is 0 Å². The maximum absolute atomic E-state index is 12.5. The smallest absolute Gasteiger partial charge is 0.304 e. The average molecular weight is 351 g/mol. The standard InChI is InChI=1S/C17H12Cl2O4/c18-12-5-1-10(2-6-12)16(22)14(9-15(20)21)17(23)11-3-7-13(19)8-4-11/h1-8,14H,9H2,(H,20,21). The summed E-state index contributed by atoms with van der Waals surface area (Å²) < 4.78 is 0. The first kappa shape index (κ1) is 17.2. The summed E-state index contributed by atoms with van der Waals surface area (Å²) in [6.07, 6.45) is -0.580. The molecule has 0 heterocycles. The Hall–Kier alpha value is -2.17. The molecule has 0 atom stereocenters. The molecule has 1 N–H and O–H groups in total. The fourth-order valence-electron chi connectivity index (χ4n) is 2.11. The number of hydrogen-bond acceptors (Lipinski definition) is 3. The fraction of sp³-hybridized carbons (Fsp3) is 0.118. The lowest BCUT2D eigenvalue weighted by Crippen LogP contribution is -2.27. The normalized spacial score (nSPS) is 10.6. The Morgan fingerprint density at radius 2 is 1.13 bits per heavy atom. The van der Waals surface area contributed by atoms with Crippen LogP contribution >= 0.6 is 23.2 Å². The van der Waals surface area contributed by atoms with Gasteiger partial charge in [0.1, 0.15) is 0 Å². The second-order valence-corrected chi connectivity index (χ2v) is 5.77. The predicted molar refractivity (Wildman–Crippen MR) is 87.3 cm³/mol. The quantitative estimate of drug-likeness (QED) is 0.627. The molecular weight excluding hydrogens is 339 g/mol. The summed E-state index contributed by atoms with van der Waals surface area (Å²) in [6.45, 7) is 0. The third kappa shape index (κ3) is 4.41. The van der Waals surface area contributed by atoms with Crippen LogP contribution in [0.3, 0.4) is 0 Å². The molecular formula is C17H12Cl2O4. The lowest BCUT2D eigenvalue weighted by atomic mass is 9.87. The molecule has 0 bridgehead atoms. The largest absolute Gasteiger partial charge is 0.481 e.